The molecular weight excluding hydrogens is 342 g/mol. The number of nitrogens with zero attached hydrogens (tertiary/aromatic N) is 5. The molecule has 8 heteroatoms. The second-order valence-corrected chi connectivity index (χ2v) is 6.77. The van der Waals surface area contributed by atoms with Crippen LogP contribution in [0.1, 0.15) is 41.8 Å². The third-order valence-electron chi connectivity index (χ3n) is 4.27. The first-order chi connectivity index (χ1) is 12.8. The van der Waals surface area contributed by atoms with Gasteiger partial charge in [0.1, 0.15) is 12.2 Å². The zero-order valence-electron chi connectivity index (χ0n) is 15.8. The fourth-order valence-electron chi connectivity index (χ4n) is 2.90. The van der Waals surface area contributed by atoms with Crippen LogP contribution in [-0.2, 0) is 7.05 Å². The van der Waals surface area contributed by atoms with Crippen molar-refractivity contribution < 1.29 is 4.79 Å². The molecule has 0 fully saturated rings. The minimum atomic E-state index is -0.245. The smallest absolute Gasteiger partial charge is 0.251 e. The van der Waals surface area contributed by atoms with Gasteiger partial charge in [-0.3, -0.25) is 9.48 Å². The van der Waals surface area contributed by atoms with Crippen LogP contribution in [-0.4, -0.2) is 30.6 Å². The third kappa shape index (κ3) is 4.11. The lowest BCUT2D eigenvalue weighted by Crippen LogP contribution is -2.33. The minimum Gasteiger partial charge on any atom is -0.368 e. The average molecular weight is 365 g/mol. The van der Waals surface area contributed by atoms with Crippen LogP contribution in [0.5, 0.6) is 0 Å². The van der Waals surface area contributed by atoms with Crippen molar-refractivity contribution in [1.29, 1.82) is 0 Å². The van der Waals surface area contributed by atoms with E-state index < -0.39 is 0 Å². The van der Waals surface area contributed by atoms with Crippen LogP contribution in [0.15, 0.2) is 36.7 Å². The second-order valence-electron chi connectivity index (χ2n) is 6.77. The summed E-state index contributed by atoms with van der Waals surface area (Å²) in [5.41, 5.74) is 8.54. The number of nitrogens with two attached hydrogens (primary N) is 1. The molecule has 3 rings (SSSR count). The highest BCUT2D eigenvalue weighted by atomic mass is 16.1. The summed E-state index contributed by atoms with van der Waals surface area (Å²) in [4.78, 5) is 25.5. The van der Waals surface area contributed by atoms with Gasteiger partial charge in [-0.2, -0.15) is 5.10 Å². The summed E-state index contributed by atoms with van der Waals surface area (Å²) < 4.78 is 1.67. The molecule has 2 aromatic heterocycles. The van der Waals surface area contributed by atoms with Crippen LogP contribution in [0.3, 0.4) is 0 Å². The van der Waals surface area contributed by atoms with Gasteiger partial charge >= 0.3 is 0 Å². The number of aryl methyl sites for hydroxylation is 2. The molecule has 2 heterocycles. The summed E-state index contributed by atoms with van der Waals surface area (Å²) >= 11 is 0. The number of nitrogens with one attached hydrogen (secondary N) is 1. The number of carbonyl (C=O) groups excluding carboxylic acids is 1. The van der Waals surface area contributed by atoms with Gasteiger partial charge < -0.3 is 11.1 Å². The summed E-state index contributed by atoms with van der Waals surface area (Å²) in [6.07, 6.45) is 1.49. The van der Waals surface area contributed by atoms with Gasteiger partial charge in [-0.25, -0.2) is 15.0 Å². The Kier molecular flexibility index (Phi) is 5.16. The highest BCUT2D eigenvalue weighted by molar-refractivity contribution is 5.95. The van der Waals surface area contributed by atoms with E-state index in [9.17, 15) is 4.79 Å². The summed E-state index contributed by atoms with van der Waals surface area (Å²) in [5.74, 6) is 0.900. The van der Waals surface area contributed by atoms with Crippen molar-refractivity contribution in [2.24, 2.45) is 13.0 Å². The number of carbonyl (C=O) groups is 1. The van der Waals surface area contributed by atoms with Crippen LogP contribution in [0.25, 0.3) is 11.3 Å². The maximum atomic E-state index is 12.9. The number of amides is 1. The zero-order valence-corrected chi connectivity index (χ0v) is 15.8. The summed E-state index contributed by atoms with van der Waals surface area (Å²) in [7, 11) is 1.81. The average Bonchev–Trinajstić information content (AvgIpc) is 3.04. The lowest BCUT2D eigenvalue weighted by atomic mass is 10.0. The SMILES string of the molecule is Cc1cc(-c2cccc(C(=O)N[C@H](c3ncnn3C)C(C)C)c2)nc(N)n1. The summed E-state index contributed by atoms with van der Waals surface area (Å²) in [6, 6.07) is 8.87. The van der Waals surface area contributed by atoms with E-state index in [0.29, 0.717) is 17.1 Å². The molecule has 0 aliphatic carbocycles. The van der Waals surface area contributed by atoms with E-state index in [1.807, 2.05) is 46.0 Å². The molecule has 0 aliphatic rings. The molecule has 3 aromatic rings. The predicted molar refractivity (Wildman–Crippen MR) is 103 cm³/mol. The lowest BCUT2D eigenvalue weighted by molar-refractivity contribution is 0.0922. The topological polar surface area (TPSA) is 112 Å². The van der Waals surface area contributed by atoms with Crippen LogP contribution >= 0.6 is 0 Å². The normalized spacial score (nSPS) is 12.2. The Morgan fingerprint density at radius 1 is 1.22 bits per heavy atom. The highest BCUT2D eigenvalue weighted by Crippen LogP contribution is 2.22. The predicted octanol–water partition coefficient (Wildman–Crippen LogP) is 2.29. The van der Waals surface area contributed by atoms with Crippen molar-refractivity contribution in [2.45, 2.75) is 26.8 Å². The first-order valence-electron chi connectivity index (χ1n) is 8.71. The Hall–Kier alpha value is -3.29. The van der Waals surface area contributed by atoms with E-state index >= 15 is 0 Å². The molecule has 27 heavy (non-hydrogen) atoms. The van der Waals surface area contributed by atoms with Crippen molar-refractivity contribution in [3.63, 3.8) is 0 Å². The van der Waals surface area contributed by atoms with E-state index in [-0.39, 0.29) is 23.8 Å². The largest absolute Gasteiger partial charge is 0.368 e. The van der Waals surface area contributed by atoms with Crippen LogP contribution in [0.2, 0.25) is 0 Å². The van der Waals surface area contributed by atoms with Crippen LogP contribution in [0.4, 0.5) is 5.95 Å². The van der Waals surface area contributed by atoms with Crippen molar-refractivity contribution in [1.82, 2.24) is 30.0 Å². The molecule has 8 nitrogen and oxygen atoms in total. The number of benzene rings is 1. The molecule has 0 spiro atoms. The second kappa shape index (κ2) is 7.53. The first-order valence-corrected chi connectivity index (χ1v) is 8.71. The lowest BCUT2D eigenvalue weighted by Gasteiger charge is -2.21. The van der Waals surface area contributed by atoms with E-state index in [4.69, 9.17) is 5.73 Å². The Morgan fingerprint density at radius 2 is 2.00 bits per heavy atom. The molecule has 3 N–H and O–H groups in total. The van der Waals surface area contributed by atoms with E-state index in [2.05, 4.69) is 25.4 Å². The van der Waals surface area contributed by atoms with Gasteiger partial charge in [0.25, 0.3) is 5.91 Å². The third-order valence-corrected chi connectivity index (χ3v) is 4.27. The standard InChI is InChI=1S/C19H23N7O/c1-11(2)16(17-21-10-22-26(17)4)25-18(27)14-7-5-6-13(9-14)15-8-12(3)23-19(20)24-15/h5-11,16H,1-4H3,(H,25,27)(H2,20,23,24)/t16-/m0/s1. The molecule has 0 saturated heterocycles. The highest BCUT2D eigenvalue weighted by Gasteiger charge is 2.23. The molecule has 1 amide bonds. The quantitative estimate of drug-likeness (QED) is 0.717. The van der Waals surface area contributed by atoms with Crippen molar-refractivity contribution in [3.8, 4) is 11.3 Å². The Balaban J connectivity index is 1.88. The van der Waals surface area contributed by atoms with Gasteiger partial charge in [-0.1, -0.05) is 26.0 Å². The van der Waals surface area contributed by atoms with Crippen molar-refractivity contribution in [3.05, 3.63) is 53.7 Å². The Bertz CT molecular complexity index is 944. The molecule has 0 radical (unpaired) electrons. The maximum absolute atomic E-state index is 12.9. The minimum absolute atomic E-state index is 0.157. The molecule has 0 saturated carbocycles. The van der Waals surface area contributed by atoms with Crippen LogP contribution < -0.4 is 11.1 Å². The van der Waals surface area contributed by atoms with Crippen molar-refractivity contribution in [2.75, 3.05) is 5.73 Å². The molecule has 140 valence electrons. The molecule has 0 aliphatic heterocycles. The summed E-state index contributed by atoms with van der Waals surface area (Å²) in [6.45, 7) is 5.91. The van der Waals surface area contributed by atoms with Gasteiger partial charge in [0.2, 0.25) is 5.95 Å². The van der Waals surface area contributed by atoms with Gasteiger partial charge in [0, 0.05) is 23.9 Å². The number of nitrogen functional groups attached to an aromatic ring is 1. The molecule has 1 aromatic carbocycles. The molecule has 0 bridgehead atoms. The van der Waals surface area contributed by atoms with Crippen molar-refractivity contribution >= 4 is 11.9 Å². The molecule has 1 atom stereocenters. The Labute approximate surface area is 157 Å². The fourth-order valence-corrected chi connectivity index (χ4v) is 2.90. The van der Waals surface area contributed by atoms with Gasteiger partial charge in [-0.05, 0) is 31.0 Å². The first kappa shape index (κ1) is 18.5. The maximum Gasteiger partial charge on any atom is 0.251 e. The number of rotatable bonds is 5. The van der Waals surface area contributed by atoms with E-state index in [1.54, 1.807) is 16.8 Å². The van der Waals surface area contributed by atoms with Crippen LogP contribution in [0, 0.1) is 12.8 Å². The van der Waals surface area contributed by atoms with Gasteiger partial charge in [0.15, 0.2) is 0 Å². The number of hydrogen-bond acceptors (Lipinski definition) is 6. The number of anilines is 1. The monoisotopic (exact) mass is 365 g/mol. The number of aromatic nitrogens is 5. The summed E-state index contributed by atoms with van der Waals surface area (Å²) in [5, 5.41) is 7.16. The zero-order chi connectivity index (χ0) is 19.6. The molecule has 0 unspecified atom stereocenters. The van der Waals surface area contributed by atoms with E-state index in [1.165, 1.54) is 6.33 Å². The molecular formula is C19H23N7O. The fraction of sp³-hybridized carbons (Fsp3) is 0.316. The van der Waals surface area contributed by atoms with Gasteiger partial charge in [-0.15, -0.1) is 0 Å². The number of hydrogen-bond donors (Lipinski definition) is 2. The van der Waals surface area contributed by atoms with E-state index in [0.717, 1.165) is 11.3 Å². The van der Waals surface area contributed by atoms with Gasteiger partial charge in [0.05, 0.1) is 11.7 Å². The Morgan fingerprint density at radius 3 is 2.63 bits per heavy atom.